The van der Waals surface area contributed by atoms with E-state index in [1.165, 1.54) is 6.33 Å². The number of amides is 1. The predicted molar refractivity (Wildman–Crippen MR) is 67.8 cm³/mol. The van der Waals surface area contributed by atoms with Gasteiger partial charge < -0.3 is 10.6 Å². The van der Waals surface area contributed by atoms with Crippen LogP contribution in [-0.2, 0) is 11.3 Å². The van der Waals surface area contributed by atoms with Crippen LogP contribution in [0.4, 0.5) is 0 Å². The molecule has 18 heavy (non-hydrogen) atoms. The van der Waals surface area contributed by atoms with Crippen molar-refractivity contribution >= 4 is 5.91 Å². The van der Waals surface area contributed by atoms with Gasteiger partial charge in [-0.25, -0.2) is 4.98 Å². The Hall–Kier alpha value is -1.43. The van der Waals surface area contributed by atoms with Gasteiger partial charge >= 0.3 is 0 Å². The topological polar surface area (TPSA) is 71.8 Å². The summed E-state index contributed by atoms with van der Waals surface area (Å²) in [5.41, 5.74) is 0. The van der Waals surface area contributed by atoms with Crippen LogP contribution < -0.4 is 10.6 Å². The van der Waals surface area contributed by atoms with Crippen molar-refractivity contribution in [2.24, 2.45) is 5.92 Å². The summed E-state index contributed by atoms with van der Waals surface area (Å²) in [6.07, 6.45) is 4.66. The Morgan fingerprint density at radius 1 is 1.56 bits per heavy atom. The number of carbonyl (C=O) groups excluding carboxylic acids is 1. The summed E-state index contributed by atoms with van der Waals surface area (Å²) >= 11 is 0. The molecule has 1 aliphatic heterocycles. The third kappa shape index (κ3) is 3.29. The molecule has 0 saturated carbocycles. The summed E-state index contributed by atoms with van der Waals surface area (Å²) in [5.74, 6) is 0.606. The molecular weight excluding hydrogens is 230 g/mol. The van der Waals surface area contributed by atoms with Crippen molar-refractivity contribution in [3.05, 3.63) is 12.7 Å². The lowest BCUT2D eigenvalue weighted by atomic mass is 9.89. The normalized spacial score (nSPS) is 28.0. The Morgan fingerprint density at radius 2 is 2.39 bits per heavy atom. The fraction of sp³-hybridized carbons (Fsp3) is 0.750. The van der Waals surface area contributed by atoms with Gasteiger partial charge in [0.25, 0.3) is 0 Å². The summed E-state index contributed by atoms with van der Waals surface area (Å²) in [6, 6.07) is 0.561. The fourth-order valence-corrected chi connectivity index (χ4v) is 2.43. The molecule has 1 fully saturated rings. The first-order valence-corrected chi connectivity index (χ1v) is 6.52. The SMILES string of the molecule is CC1CCNC(C)C1NC(=O)CCn1cncn1. The third-order valence-electron chi connectivity index (χ3n) is 3.58. The first kappa shape index (κ1) is 13.0. The van der Waals surface area contributed by atoms with E-state index in [-0.39, 0.29) is 11.9 Å². The van der Waals surface area contributed by atoms with Gasteiger partial charge in [0.05, 0.1) is 6.54 Å². The zero-order valence-electron chi connectivity index (χ0n) is 11.0. The molecule has 1 amide bonds. The van der Waals surface area contributed by atoms with Crippen LogP contribution in [0.5, 0.6) is 0 Å². The molecule has 2 N–H and O–H groups in total. The largest absolute Gasteiger partial charge is 0.351 e. The zero-order chi connectivity index (χ0) is 13.0. The van der Waals surface area contributed by atoms with E-state index in [2.05, 4.69) is 34.6 Å². The second-order valence-corrected chi connectivity index (χ2v) is 5.01. The van der Waals surface area contributed by atoms with Gasteiger partial charge in [-0.1, -0.05) is 6.92 Å². The van der Waals surface area contributed by atoms with E-state index in [4.69, 9.17) is 0 Å². The van der Waals surface area contributed by atoms with Crippen LogP contribution in [0, 0.1) is 5.92 Å². The van der Waals surface area contributed by atoms with Crippen molar-refractivity contribution in [3.8, 4) is 0 Å². The minimum atomic E-state index is 0.0814. The number of piperidine rings is 1. The van der Waals surface area contributed by atoms with Crippen LogP contribution in [-0.4, -0.2) is 39.3 Å². The standard InChI is InChI=1S/C12H21N5O/c1-9-3-5-14-10(2)12(9)16-11(18)4-6-17-8-13-7-15-17/h7-10,12,14H,3-6H2,1-2H3,(H,16,18). The van der Waals surface area contributed by atoms with E-state index in [1.54, 1.807) is 11.0 Å². The highest BCUT2D eigenvalue weighted by Crippen LogP contribution is 2.16. The number of aromatic nitrogens is 3. The maximum atomic E-state index is 11.9. The third-order valence-corrected chi connectivity index (χ3v) is 3.58. The minimum absolute atomic E-state index is 0.0814. The number of hydrogen-bond acceptors (Lipinski definition) is 4. The van der Waals surface area contributed by atoms with Crippen LogP contribution in [0.25, 0.3) is 0 Å². The minimum Gasteiger partial charge on any atom is -0.351 e. The molecule has 2 rings (SSSR count). The molecule has 3 unspecified atom stereocenters. The van der Waals surface area contributed by atoms with E-state index in [0.717, 1.165) is 13.0 Å². The van der Waals surface area contributed by atoms with Gasteiger partial charge in [0.2, 0.25) is 5.91 Å². The van der Waals surface area contributed by atoms with Gasteiger partial charge in [-0.05, 0) is 25.8 Å². The van der Waals surface area contributed by atoms with E-state index in [9.17, 15) is 4.79 Å². The van der Waals surface area contributed by atoms with E-state index in [0.29, 0.717) is 24.9 Å². The summed E-state index contributed by atoms with van der Waals surface area (Å²) in [6.45, 7) is 5.93. The Balaban J connectivity index is 1.79. The van der Waals surface area contributed by atoms with Gasteiger partial charge in [0.15, 0.2) is 0 Å². The molecule has 0 spiro atoms. The maximum absolute atomic E-state index is 11.9. The van der Waals surface area contributed by atoms with Gasteiger partial charge in [-0.15, -0.1) is 0 Å². The summed E-state index contributed by atoms with van der Waals surface area (Å²) in [4.78, 5) is 15.7. The molecule has 3 atom stereocenters. The molecule has 1 aromatic rings. The Labute approximate surface area is 107 Å². The van der Waals surface area contributed by atoms with Crippen molar-refractivity contribution in [1.29, 1.82) is 0 Å². The summed E-state index contributed by atoms with van der Waals surface area (Å²) < 4.78 is 1.67. The van der Waals surface area contributed by atoms with Crippen LogP contribution in [0.1, 0.15) is 26.7 Å². The number of rotatable bonds is 4. The highest BCUT2D eigenvalue weighted by Gasteiger charge is 2.28. The lowest BCUT2D eigenvalue weighted by molar-refractivity contribution is -0.122. The first-order valence-electron chi connectivity index (χ1n) is 6.52. The van der Waals surface area contributed by atoms with Crippen molar-refractivity contribution in [1.82, 2.24) is 25.4 Å². The van der Waals surface area contributed by atoms with E-state index in [1.807, 2.05) is 0 Å². The zero-order valence-corrected chi connectivity index (χ0v) is 11.0. The molecule has 0 aromatic carbocycles. The molecule has 1 aromatic heterocycles. The van der Waals surface area contributed by atoms with Crippen molar-refractivity contribution in [2.75, 3.05) is 6.54 Å². The summed E-state index contributed by atoms with van der Waals surface area (Å²) in [7, 11) is 0. The van der Waals surface area contributed by atoms with Crippen LogP contribution >= 0.6 is 0 Å². The molecular formula is C12H21N5O. The van der Waals surface area contributed by atoms with Crippen LogP contribution in [0.3, 0.4) is 0 Å². The van der Waals surface area contributed by atoms with E-state index >= 15 is 0 Å². The summed E-state index contributed by atoms with van der Waals surface area (Å²) in [5, 5.41) is 10.5. The monoisotopic (exact) mass is 251 g/mol. The van der Waals surface area contributed by atoms with Crippen molar-refractivity contribution in [2.45, 2.75) is 45.3 Å². The van der Waals surface area contributed by atoms with Crippen LogP contribution in [0.2, 0.25) is 0 Å². The Bertz CT molecular complexity index is 368. The predicted octanol–water partition coefficient (Wildman–Crippen LogP) is 0.171. The first-order chi connectivity index (χ1) is 8.66. The molecule has 100 valence electrons. The lowest BCUT2D eigenvalue weighted by Crippen LogP contribution is -2.56. The highest BCUT2D eigenvalue weighted by atomic mass is 16.1. The second kappa shape index (κ2) is 5.95. The second-order valence-electron chi connectivity index (χ2n) is 5.01. The molecule has 6 heteroatoms. The quantitative estimate of drug-likeness (QED) is 0.800. The smallest absolute Gasteiger partial charge is 0.222 e. The Morgan fingerprint density at radius 3 is 3.06 bits per heavy atom. The molecule has 0 bridgehead atoms. The van der Waals surface area contributed by atoms with Gasteiger partial charge in [0, 0.05) is 18.5 Å². The number of nitrogens with zero attached hydrogens (tertiary/aromatic N) is 3. The van der Waals surface area contributed by atoms with Crippen molar-refractivity contribution < 1.29 is 4.79 Å². The van der Waals surface area contributed by atoms with Gasteiger partial charge in [-0.3, -0.25) is 9.48 Å². The highest BCUT2D eigenvalue weighted by molar-refractivity contribution is 5.76. The molecule has 1 aliphatic rings. The fourth-order valence-electron chi connectivity index (χ4n) is 2.43. The average molecular weight is 251 g/mol. The molecule has 1 saturated heterocycles. The lowest BCUT2D eigenvalue weighted by Gasteiger charge is -2.36. The molecule has 6 nitrogen and oxygen atoms in total. The number of hydrogen-bond donors (Lipinski definition) is 2. The maximum Gasteiger partial charge on any atom is 0.222 e. The molecule has 2 heterocycles. The van der Waals surface area contributed by atoms with Gasteiger partial charge in [0.1, 0.15) is 12.7 Å². The number of aryl methyl sites for hydroxylation is 1. The van der Waals surface area contributed by atoms with E-state index < -0.39 is 0 Å². The van der Waals surface area contributed by atoms with Crippen LogP contribution in [0.15, 0.2) is 12.7 Å². The van der Waals surface area contributed by atoms with Crippen molar-refractivity contribution in [3.63, 3.8) is 0 Å². The number of nitrogens with one attached hydrogen (secondary N) is 2. The van der Waals surface area contributed by atoms with Gasteiger partial charge in [-0.2, -0.15) is 5.10 Å². The molecule has 0 aliphatic carbocycles. The number of carbonyl (C=O) groups is 1. The Kier molecular flexibility index (Phi) is 4.30. The average Bonchev–Trinajstić information content (AvgIpc) is 2.84. The molecule has 0 radical (unpaired) electrons.